The molecule has 9 nitrogen and oxygen atoms in total. The summed E-state index contributed by atoms with van der Waals surface area (Å²) in [6.07, 6.45) is 46.7. The van der Waals surface area contributed by atoms with Crippen LogP contribution >= 0.6 is 7.82 Å². The third kappa shape index (κ3) is 43.9. The molecule has 0 aliphatic rings. The summed E-state index contributed by atoms with van der Waals surface area (Å²) >= 11 is 0. The Hall–Kier alpha value is -1.51. The Kier molecular flexibility index (Phi) is 42.9. The third-order valence-corrected chi connectivity index (χ3v) is 11.4. The van der Waals surface area contributed by atoms with E-state index in [1.807, 2.05) is 6.08 Å². The van der Waals surface area contributed by atoms with Crippen molar-refractivity contribution < 1.29 is 37.6 Å². The van der Waals surface area contributed by atoms with E-state index >= 15 is 0 Å². The van der Waals surface area contributed by atoms with Crippen LogP contribution in [0.2, 0.25) is 0 Å². The molecule has 0 amide bonds. The Morgan fingerprint density at radius 1 is 0.561 bits per heavy atom. The van der Waals surface area contributed by atoms with Gasteiger partial charge in [0.05, 0.1) is 13.2 Å². The maximum Gasteiger partial charge on any atom is 0.472 e. The van der Waals surface area contributed by atoms with Crippen LogP contribution in [0.25, 0.3) is 0 Å². The lowest BCUT2D eigenvalue weighted by Gasteiger charge is -2.19. The highest BCUT2D eigenvalue weighted by atomic mass is 31.2. The van der Waals surface area contributed by atoms with Crippen LogP contribution in [0.15, 0.2) is 24.8 Å². The SMILES string of the molecule is C=CCCCCCCCCCCCCCCCC(=O)O[C@@H](COC(=O)CCCCCCCCCCCCC/C=C/CCCCCCCC)COP(=O)(O)OCCN. The number of esters is 2. The topological polar surface area (TPSA) is 134 Å². The molecule has 0 bridgehead atoms. The monoisotopic (exact) mass is 828 g/mol. The third-order valence-electron chi connectivity index (χ3n) is 10.5. The Bertz CT molecular complexity index is 977. The quantitative estimate of drug-likeness (QED) is 0.0266. The van der Waals surface area contributed by atoms with Gasteiger partial charge >= 0.3 is 19.8 Å². The molecule has 3 N–H and O–H groups in total. The summed E-state index contributed by atoms with van der Waals surface area (Å²) in [6.45, 7) is 5.28. The summed E-state index contributed by atoms with van der Waals surface area (Å²) in [5.74, 6) is -0.822. The summed E-state index contributed by atoms with van der Waals surface area (Å²) in [4.78, 5) is 34.9. The molecule has 57 heavy (non-hydrogen) atoms. The highest BCUT2D eigenvalue weighted by molar-refractivity contribution is 7.47. The van der Waals surface area contributed by atoms with Crippen LogP contribution in [0, 0.1) is 0 Å². The van der Waals surface area contributed by atoms with E-state index in [0.717, 1.165) is 44.9 Å². The molecule has 0 spiro atoms. The zero-order chi connectivity index (χ0) is 41.8. The van der Waals surface area contributed by atoms with Gasteiger partial charge in [-0.2, -0.15) is 0 Å². The molecule has 0 aliphatic heterocycles. The molecule has 0 aromatic carbocycles. The number of hydrogen-bond acceptors (Lipinski definition) is 8. The van der Waals surface area contributed by atoms with Gasteiger partial charge < -0.3 is 20.1 Å². The zero-order valence-corrected chi connectivity index (χ0v) is 37.8. The predicted molar refractivity (Wildman–Crippen MR) is 238 cm³/mol. The molecule has 0 aromatic heterocycles. The minimum absolute atomic E-state index is 0.0543. The van der Waals surface area contributed by atoms with Gasteiger partial charge in [0.15, 0.2) is 6.10 Å². The van der Waals surface area contributed by atoms with Crippen LogP contribution in [-0.2, 0) is 32.7 Å². The van der Waals surface area contributed by atoms with Crippen LogP contribution in [-0.4, -0.2) is 49.3 Å². The minimum Gasteiger partial charge on any atom is -0.462 e. The van der Waals surface area contributed by atoms with Crippen LogP contribution < -0.4 is 5.73 Å². The average molecular weight is 828 g/mol. The van der Waals surface area contributed by atoms with E-state index in [1.165, 1.54) is 161 Å². The molecule has 0 heterocycles. The molecular formula is C47H90NO8P. The van der Waals surface area contributed by atoms with Gasteiger partial charge in [0.1, 0.15) is 6.61 Å². The zero-order valence-electron chi connectivity index (χ0n) is 36.9. The Morgan fingerprint density at radius 3 is 1.37 bits per heavy atom. The summed E-state index contributed by atoms with van der Waals surface area (Å²) < 4.78 is 32.9. The fraction of sp³-hybridized carbons (Fsp3) is 0.872. The Morgan fingerprint density at radius 2 is 0.947 bits per heavy atom. The van der Waals surface area contributed by atoms with Crippen molar-refractivity contribution in [1.29, 1.82) is 0 Å². The van der Waals surface area contributed by atoms with Crippen molar-refractivity contribution in [2.75, 3.05) is 26.4 Å². The number of rotatable bonds is 46. The van der Waals surface area contributed by atoms with Crippen molar-refractivity contribution in [2.45, 2.75) is 238 Å². The standard InChI is InChI=1S/C47H90NO8P/c1-3-5-7-9-11-13-15-17-19-20-21-22-23-24-26-27-29-31-33-35-37-39-46(49)53-43-45(44-55-57(51,52)54-42-41-48)56-47(50)40-38-36-34-32-30-28-25-18-16-14-12-10-8-6-4-2/h4,17,19,45H,2-3,5-16,18,20-44,48H2,1H3,(H,51,52)/b19-17+/t45-/m0/s1. The summed E-state index contributed by atoms with van der Waals surface area (Å²) in [6, 6.07) is 0. The highest BCUT2D eigenvalue weighted by Gasteiger charge is 2.26. The number of ether oxygens (including phenoxy) is 2. The molecule has 336 valence electrons. The molecule has 10 heteroatoms. The van der Waals surface area contributed by atoms with Crippen molar-refractivity contribution in [2.24, 2.45) is 5.73 Å². The second kappa shape index (κ2) is 44.1. The van der Waals surface area contributed by atoms with Gasteiger partial charge in [-0.15, -0.1) is 6.58 Å². The van der Waals surface area contributed by atoms with E-state index < -0.39 is 26.5 Å². The largest absolute Gasteiger partial charge is 0.472 e. The first-order chi connectivity index (χ1) is 27.8. The number of unbranched alkanes of at least 4 members (excludes halogenated alkanes) is 30. The molecule has 0 aliphatic carbocycles. The van der Waals surface area contributed by atoms with Crippen molar-refractivity contribution in [3.63, 3.8) is 0 Å². The van der Waals surface area contributed by atoms with Gasteiger partial charge in [-0.3, -0.25) is 18.6 Å². The molecule has 0 rings (SSSR count). The number of nitrogens with two attached hydrogens (primary N) is 1. The van der Waals surface area contributed by atoms with Gasteiger partial charge in [-0.05, 0) is 51.4 Å². The number of phosphoric acid groups is 1. The van der Waals surface area contributed by atoms with Crippen molar-refractivity contribution in [1.82, 2.24) is 0 Å². The minimum atomic E-state index is -4.38. The molecule has 1 unspecified atom stereocenters. The fourth-order valence-electron chi connectivity index (χ4n) is 6.90. The van der Waals surface area contributed by atoms with E-state index in [9.17, 15) is 19.0 Å². The molecule has 0 aromatic rings. The van der Waals surface area contributed by atoms with Crippen LogP contribution in [0.1, 0.15) is 232 Å². The summed E-state index contributed by atoms with van der Waals surface area (Å²) in [7, 11) is -4.38. The van der Waals surface area contributed by atoms with Crippen LogP contribution in [0.4, 0.5) is 0 Å². The first kappa shape index (κ1) is 55.5. The lowest BCUT2D eigenvalue weighted by molar-refractivity contribution is -0.161. The fourth-order valence-corrected chi connectivity index (χ4v) is 7.67. The number of carbonyl (C=O) groups excluding carboxylic acids is 2. The summed E-state index contributed by atoms with van der Waals surface area (Å²) in [5, 5.41) is 0. The van der Waals surface area contributed by atoms with Crippen molar-refractivity contribution in [3.05, 3.63) is 24.8 Å². The van der Waals surface area contributed by atoms with Gasteiger partial charge in [0.25, 0.3) is 0 Å². The van der Waals surface area contributed by atoms with Crippen LogP contribution in [0.3, 0.4) is 0 Å². The van der Waals surface area contributed by atoms with E-state index in [2.05, 4.69) is 25.7 Å². The smallest absolute Gasteiger partial charge is 0.462 e. The second-order valence-electron chi connectivity index (χ2n) is 16.1. The maximum atomic E-state index is 12.6. The van der Waals surface area contributed by atoms with Gasteiger partial charge in [-0.1, -0.05) is 186 Å². The molecule has 0 fully saturated rings. The number of hydrogen-bond donors (Lipinski definition) is 2. The number of phosphoric ester groups is 1. The highest BCUT2D eigenvalue weighted by Crippen LogP contribution is 2.43. The molecule has 2 atom stereocenters. The maximum absolute atomic E-state index is 12.6. The number of allylic oxidation sites excluding steroid dienone is 3. The van der Waals surface area contributed by atoms with Gasteiger partial charge in [0.2, 0.25) is 0 Å². The van der Waals surface area contributed by atoms with E-state index in [0.29, 0.717) is 6.42 Å². The Labute approximate surface area is 351 Å². The lowest BCUT2D eigenvalue weighted by atomic mass is 10.0. The van der Waals surface area contributed by atoms with Crippen LogP contribution in [0.5, 0.6) is 0 Å². The molecule has 0 radical (unpaired) electrons. The lowest BCUT2D eigenvalue weighted by Crippen LogP contribution is -2.29. The van der Waals surface area contributed by atoms with Crippen molar-refractivity contribution >= 4 is 19.8 Å². The number of carbonyl (C=O) groups is 2. The van der Waals surface area contributed by atoms with E-state index in [1.54, 1.807) is 0 Å². The van der Waals surface area contributed by atoms with E-state index in [4.69, 9.17) is 24.3 Å². The van der Waals surface area contributed by atoms with Crippen molar-refractivity contribution in [3.8, 4) is 0 Å². The van der Waals surface area contributed by atoms with E-state index in [-0.39, 0.29) is 38.6 Å². The second-order valence-corrected chi connectivity index (χ2v) is 17.5. The van der Waals surface area contributed by atoms with Gasteiger partial charge in [0, 0.05) is 19.4 Å². The Balaban J connectivity index is 4.03. The normalized spacial score (nSPS) is 13.2. The first-order valence-corrected chi connectivity index (χ1v) is 25.3. The predicted octanol–water partition coefficient (Wildman–Crippen LogP) is 13.9. The first-order valence-electron chi connectivity index (χ1n) is 23.8. The summed E-state index contributed by atoms with van der Waals surface area (Å²) in [5.41, 5.74) is 5.36. The van der Waals surface area contributed by atoms with Gasteiger partial charge in [-0.25, -0.2) is 4.57 Å². The molecule has 0 saturated carbocycles. The molecule has 0 saturated heterocycles. The molecular weight excluding hydrogens is 737 g/mol. The average Bonchev–Trinajstić information content (AvgIpc) is 3.20.